The number of hydrogen-bond donors (Lipinski definition) is 1. The van der Waals surface area contributed by atoms with E-state index in [2.05, 4.69) is 22.2 Å². The molecule has 1 unspecified atom stereocenters. The van der Waals surface area contributed by atoms with Gasteiger partial charge in [0.2, 0.25) is 5.12 Å². The van der Waals surface area contributed by atoms with Crippen molar-refractivity contribution >= 4 is 34.3 Å². The lowest BCUT2D eigenvalue weighted by atomic mass is 10.3. The highest BCUT2D eigenvalue weighted by Crippen LogP contribution is 2.18. The van der Waals surface area contributed by atoms with Gasteiger partial charge in [-0.1, -0.05) is 18.5 Å². The summed E-state index contributed by atoms with van der Waals surface area (Å²) in [5.41, 5.74) is 0. The second-order valence-corrected chi connectivity index (χ2v) is 3.85. The standard InChI is InChI=1S/C7H11Cl2N3/c1-3-4-5-10-6(8)12-7(2,9)11-5/h3-4H2,1-2H3,(H,10,11,12). The van der Waals surface area contributed by atoms with Gasteiger partial charge in [-0.3, -0.25) is 0 Å². The summed E-state index contributed by atoms with van der Waals surface area (Å²) >= 11 is 11.6. The summed E-state index contributed by atoms with van der Waals surface area (Å²) < 4.78 is 0. The van der Waals surface area contributed by atoms with Gasteiger partial charge in [0.1, 0.15) is 5.84 Å². The van der Waals surface area contributed by atoms with Gasteiger partial charge in [0, 0.05) is 6.42 Å². The van der Waals surface area contributed by atoms with Crippen molar-refractivity contribution in [1.29, 1.82) is 0 Å². The van der Waals surface area contributed by atoms with Crippen molar-refractivity contribution in [3.63, 3.8) is 0 Å². The van der Waals surface area contributed by atoms with Crippen LogP contribution in [0.2, 0.25) is 0 Å². The molecule has 0 amide bonds. The van der Waals surface area contributed by atoms with E-state index in [0.717, 1.165) is 12.8 Å². The van der Waals surface area contributed by atoms with Crippen LogP contribution in [0.15, 0.2) is 9.98 Å². The first-order chi connectivity index (χ1) is 5.53. The Hall–Kier alpha value is -0.280. The number of aliphatic imine (C=N–C) groups is 2. The third kappa shape index (κ3) is 2.64. The smallest absolute Gasteiger partial charge is 0.207 e. The molecule has 0 saturated heterocycles. The normalized spacial score (nSPS) is 29.0. The van der Waals surface area contributed by atoms with Gasteiger partial charge in [0.05, 0.1) is 0 Å². The summed E-state index contributed by atoms with van der Waals surface area (Å²) in [5.74, 6) is 0.707. The van der Waals surface area contributed by atoms with E-state index in [-0.39, 0.29) is 0 Å². The highest BCUT2D eigenvalue weighted by atomic mass is 35.5. The first kappa shape index (κ1) is 9.81. The van der Waals surface area contributed by atoms with Crippen molar-refractivity contribution in [3.8, 4) is 0 Å². The highest BCUT2D eigenvalue weighted by molar-refractivity contribution is 6.66. The minimum Gasteiger partial charge on any atom is -0.324 e. The Balaban J connectivity index is 2.78. The Bertz CT molecular complexity index is 233. The molecular formula is C7H11Cl2N3. The number of nitrogens with one attached hydrogen (secondary N) is 1. The van der Waals surface area contributed by atoms with Crippen molar-refractivity contribution in [1.82, 2.24) is 5.32 Å². The van der Waals surface area contributed by atoms with Gasteiger partial charge in [0.15, 0.2) is 5.29 Å². The summed E-state index contributed by atoms with van der Waals surface area (Å²) in [5, 5.41) is 2.22. The molecule has 0 bridgehead atoms. The number of alkyl halides is 1. The molecule has 0 spiro atoms. The largest absolute Gasteiger partial charge is 0.324 e. The molecule has 0 aromatic rings. The Morgan fingerprint density at radius 1 is 1.58 bits per heavy atom. The topological polar surface area (TPSA) is 36.8 Å². The lowest BCUT2D eigenvalue weighted by Crippen LogP contribution is -2.41. The first-order valence-electron chi connectivity index (χ1n) is 3.83. The second kappa shape index (κ2) is 3.62. The van der Waals surface area contributed by atoms with E-state index in [1.54, 1.807) is 6.92 Å². The Kier molecular flexibility index (Phi) is 2.96. The van der Waals surface area contributed by atoms with Gasteiger partial charge >= 0.3 is 0 Å². The molecule has 1 aliphatic rings. The van der Waals surface area contributed by atoms with Crippen molar-refractivity contribution in [2.75, 3.05) is 0 Å². The zero-order valence-corrected chi connectivity index (χ0v) is 8.58. The van der Waals surface area contributed by atoms with Crippen LogP contribution in [0.25, 0.3) is 0 Å². The molecule has 0 fully saturated rings. The van der Waals surface area contributed by atoms with Crippen molar-refractivity contribution in [2.45, 2.75) is 31.8 Å². The lowest BCUT2D eigenvalue weighted by Gasteiger charge is -2.23. The van der Waals surface area contributed by atoms with Crippen LogP contribution in [-0.2, 0) is 0 Å². The summed E-state index contributed by atoms with van der Waals surface area (Å²) in [4.78, 5) is 8.16. The van der Waals surface area contributed by atoms with Gasteiger partial charge in [0.25, 0.3) is 0 Å². The van der Waals surface area contributed by atoms with Crippen molar-refractivity contribution in [2.24, 2.45) is 9.98 Å². The SMILES string of the molecule is CCCC1=NC(C)(Cl)NC(Cl)=N1. The predicted molar refractivity (Wildman–Crippen MR) is 53.0 cm³/mol. The third-order valence-corrected chi connectivity index (χ3v) is 1.73. The van der Waals surface area contributed by atoms with Crippen molar-refractivity contribution in [3.05, 3.63) is 0 Å². The van der Waals surface area contributed by atoms with E-state index < -0.39 is 5.12 Å². The molecule has 1 N–H and O–H groups in total. The maximum Gasteiger partial charge on any atom is 0.207 e. The molecule has 1 heterocycles. The van der Waals surface area contributed by atoms with Crippen LogP contribution in [-0.4, -0.2) is 16.3 Å². The molecule has 3 nitrogen and oxygen atoms in total. The molecule has 1 rings (SSSR count). The average molecular weight is 208 g/mol. The molecule has 0 aromatic carbocycles. The van der Waals surface area contributed by atoms with Crippen LogP contribution < -0.4 is 5.32 Å². The zero-order valence-electron chi connectivity index (χ0n) is 7.06. The Morgan fingerprint density at radius 3 is 2.75 bits per heavy atom. The third-order valence-electron chi connectivity index (χ3n) is 1.37. The summed E-state index contributed by atoms with van der Waals surface area (Å²) in [6.07, 6.45) is 1.79. The molecular weight excluding hydrogens is 197 g/mol. The summed E-state index contributed by atoms with van der Waals surface area (Å²) in [6, 6.07) is 0. The van der Waals surface area contributed by atoms with Crippen LogP contribution in [0, 0.1) is 0 Å². The quantitative estimate of drug-likeness (QED) is 0.548. The van der Waals surface area contributed by atoms with Gasteiger partial charge in [-0.25, -0.2) is 9.98 Å². The summed E-state index contributed by atoms with van der Waals surface area (Å²) in [7, 11) is 0. The molecule has 1 atom stereocenters. The molecule has 0 aromatic heterocycles. The average Bonchev–Trinajstić information content (AvgIpc) is 1.82. The van der Waals surface area contributed by atoms with Gasteiger partial charge < -0.3 is 5.32 Å². The Morgan fingerprint density at radius 2 is 2.25 bits per heavy atom. The molecule has 0 radical (unpaired) electrons. The molecule has 0 saturated carbocycles. The summed E-state index contributed by atoms with van der Waals surface area (Å²) in [6.45, 7) is 3.79. The maximum absolute atomic E-state index is 5.93. The van der Waals surface area contributed by atoms with E-state index in [0.29, 0.717) is 11.1 Å². The fraction of sp³-hybridized carbons (Fsp3) is 0.714. The van der Waals surface area contributed by atoms with E-state index in [4.69, 9.17) is 23.2 Å². The van der Waals surface area contributed by atoms with Crippen LogP contribution in [0.5, 0.6) is 0 Å². The predicted octanol–water partition coefficient (Wildman–Crippen LogP) is 2.30. The minimum absolute atomic E-state index is 0.311. The number of hydrogen-bond acceptors (Lipinski definition) is 3. The molecule has 5 heteroatoms. The zero-order chi connectivity index (χ0) is 9.19. The number of amidine groups is 2. The number of rotatable bonds is 2. The van der Waals surface area contributed by atoms with Gasteiger partial charge in [-0.2, -0.15) is 0 Å². The first-order valence-corrected chi connectivity index (χ1v) is 4.59. The molecule has 0 aliphatic carbocycles. The maximum atomic E-state index is 5.93. The van der Waals surface area contributed by atoms with Crippen LogP contribution in [0.3, 0.4) is 0 Å². The highest BCUT2D eigenvalue weighted by Gasteiger charge is 2.24. The molecule has 1 aliphatic heterocycles. The van der Waals surface area contributed by atoms with E-state index in [9.17, 15) is 0 Å². The van der Waals surface area contributed by atoms with E-state index in [1.807, 2.05) is 0 Å². The lowest BCUT2D eigenvalue weighted by molar-refractivity contribution is 0.614. The second-order valence-electron chi connectivity index (χ2n) is 2.76. The van der Waals surface area contributed by atoms with E-state index in [1.165, 1.54) is 0 Å². The minimum atomic E-state index is -0.830. The van der Waals surface area contributed by atoms with Gasteiger partial charge in [-0.15, -0.1) is 0 Å². The van der Waals surface area contributed by atoms with Crippen LogP contribution in [0.1, 0.15) is 26.7 Å². The van der Waals surface area contributed by atoms with Crippen LogP contribution >= 0.6 is 23.2 Å². The fourth-order valence-electron chi connectivity index (χ4n) is 0.960. The number of halogens is 2. The molecule has 12 heavy (non-hydrogen) atoms. The van der Waals surface area contributed by atoms with Gasteiger partial charge in [-0.05, 0) is 24.9 Å². The van der Waals surface area contributed by atoms with Crippen molar-refractivity contribution < 1.29 is 0 Å². The Labute approximate surface area is 81.9 Å². The fourth-order valence-corrected chi connectivity index (χ4v) is 1.48. The molecule has 68 valence electrons. The van der Waals surface area contributed by atoms with Crippen LogP contribution in [0.4, 0.5) is 0 Å². The number of nitrogens with zero attached hydrogens (tertiary/aromatic N) is 2. The monoisotopic (exact) mass is 207 g/mol. The van der Waals surface area contributed by atoms with E-state index >= 15 is 0 Å².